The van der Waals surface area contributed by atoms with E-state index >= 15 is 0 Å². The van der Waals surface area contributed by atoms with Gasteiger partial charge in [-0.3, -0.25) is 4.79 Å². The molecule has 1 aromatic carbocycles. The minimum absolute atomic E-state index is 0.207. The van der Waals surface area contributed by atoms with Gasteiger partial charge in [0.25, 0.3) is 0 Å². The number of halogens is 1. The van der Waals surface area contributed by atoms with Crippen molar-refractivity contribution in [2.24, 2.45) is 0 Å². The van der Waals surface area contributed by atoms with Crippen molar-refractivity contribution < 1.29 is 14.3 Å². The zero-order valence-corrected chi connectivity index (χ0v) is 10.0. The fourth-order valence-corrected chi connectivity index (χ4v) is 2.11. The van der Waals surface area contributed by atoms with Crippen LogP contribution in [0.1, 0.15) is 19.4 Å². The molecule has 1 aliphatic heterocycles. The van der Waals surface area contributed by atoms with E-state index < -0.39 is 5.60 Å². The topological polar surface area (TPSA) is 40.5 Å². The van der Waals surface area contributed by atoms with Gasteiger partial charge in [0.15, 0.2) is 5.78 Å². The Hall–Kier alpha value is -1.42. The van der Waals surface area contributed by atoms with Crippen LogP contribution >= 0.6 is 0 Å². The summed E-state index contributed by atoms with van der Waals surface area (Å²) in [4.78, 5) is 13.1. The van der Waals surface area contributed by atoms with Crippen LogP contribution in [0.4, 0.5) is 10.1 Å². The van der Waals surface area contributed by atoms with E-state index in [0.717, 1.165) is 5.69 Å². The molecular formula is C13H16FNO2. The van der Waals surface area contributed by atoms with Gasteiger partial charge in [-0.25, -0.2) is 4.39 Å². The zero-order chi connectivity index (χ0) is 12.6. The van der Waals surface area contributed by atoms with Crippen molar-refractivity contribution >= 4 is 11.5 Å². The van der Waals surface area contributed by atoms with E-state index in [1.165, 1.54) is 19.9 Å². The molecule has 17 heavy (non-hydrogen) atoms. The van der Waals surface area contributed by atoms with Gasteiger partial charge in [-0.1, -0.05) is 6.07 Å². The minimum Gasteiger partial charge on any atom is -0.381 e. The van der Waals surface area contributed by atoms with E-state index in [2.05, 4.69) is 0 Å². The Bertz CT molecular complexity index is 457. The quantitative estimate of drug-likeness (QED) is 0.866. The highest BCUT2D eigenvalue weighted by molar-refractivity contribution is 5.85. The average Bonchev–Trinajstić information content (AvgIpc) is 2.62. The molecule has 0 bridgehead atoms. The summed E-state index contributed by atoms with van der Waals surface area (Å²) in [6.45, 7) is 3.70. The molecule has 1 aliphatic rings. The van der Waals surface area contributed by atoms with Crippen LogP contribution in [0.25, 0.3) is 0 Å². The monoisotopic (exact) mass is 237 g/mol. The predicted octanol–water partition coefficient (Wildman–Crippen LogP) is 1.53. The van der Waals surface area contributed by atoms with Crippen LogP contribution in [0.3, 0.4) is 0 Å². The maximum Gasteiger partial charge on any atom is 0.162 e. The molecular weight excluding hydrogens is 221 g/mol. The molecule has 0 radical (unpaired) electrons. The molecule has 0 amide bonds. The largest absolute Gasteiger partial charge is 0.381 e. The predicted molar refractivity (Wildman–Crippen MR) is 63.6 cm³/mol. The third kappa shape index (κ3) is 2.17. The number of ketones is 1. The summed E-state index contributed by atoms with van der Waals surface area (Å²) in [5, 5.41) is 9.96. The summed E-state index contributed by atoms with van der Waals surface area (Å²) < 4.78 is 13.5. The summed E-state index contributed by atoms with van der Waals surface area (Å²) in [7, 11) is 0. The van der Waals surface area contributed by atoms with Crippen molar-refractivity contribution in [3.8, 4) is 0 Å². The van der Waals surface area contributed by atoms with Crippen molar-refractivity contribution in [1.82, 2.24) is 0 Å². The second-order valence-corrected chi connectivity index (χ2v) is 4.74. The summed E-state index contributed by atoms with van der Waals surface area (Å²) in [6.07, 6.45) is 0.621. The van der Waals surface area contributed by atoms with Crippen molar-refractivity contribution in [1.29, 1.82) is 0 Å². The summed E-state index contributed by atoms with van der Waals surface area (Å²) in [5.41, 5.74) is 0.0758. The Morgan fingerprint density at radius 2 is 2.29 bits per heavy atom. The zero-order valence-electron chi connectivity index (χ0n) is 10.0. The van der Waals surface area contributed by atoms with Crippen molar-refractivity contribution in [2.45, 2.75) is 25.9 Å². The standard InChI is InChI=1S/C13H16FNO2/c1-9(16)13(2,17)8-15-7-6-10-11(14)4-3-5-12(10)15/h3-5,17H,6-8H2,1-2H3. The van der Waals surface area contributed by atoms with Crippen LogP contribution in [0, 0.1) is 5.82 Å². The highest BCUT2D eigenvalue weighted by atomic mass is 19.1. The van der Waals surface area contributed by atoms with Gasteiger partial charge in [-0.15, -0.1) is 0 Å². The van der Waals surface area contributed by atoms with Gasteiger partial charge >= 0.3 is 0 Å². The SMILES string of the molecule is CC(=O)C(C)(O)CN1CCc2c(F)cccc21. The molecule has 0 aliphatic carbocycles. The number of anilines is 1. The Morgan fingerprint density at radius 3 is 2.94 bits per heavy atom. The number of Topliss-reactive ketones (excluding diaryl/α,β-unsaturated/α-hetero) is 1. The van der Waals surface area contributed by atoms with E-state index in [1.54, 1.807) is 6.07 Å². The summed E-state index contributed by atoms with van der Waals surface area (Å²) in [5.74, 6) is -0.491. The highest BCUT2D eigenvalue weighted by Gasteiger charge is 2.32. The fraction of sp³-hybridized carbons (Fsp3) is 0.462. The molecule has 0 aromatic heterocycles. The van der Waals surface area contributed by atoms with Crippen molar-refractivity contribution in [3.63, 3.8) is 0 Å². The van der Waals surface area contributed by atoms with E-state index in [4.69, 9.17) is 0 Å². The molecule has 1 aromatic rings. The molecule has 3 nitrogen and oxygen atoms in total. The second-order valence-electron chi connectivity index (χ2n) is 4.74. The normalized spacial score (nSPS) is 17.8. The first-order valence-corrected chi connectivity index (χ1v) is 5.67. The molecule has 1 N–H and O–H groups in total. The van der Waals surface area contributed by atoms with Crippen molar-refractivity contribution in [2.75, 3.05) is 18.0 Å². The van der Waals surface area contributed by atoms with Gasteiger partial charge in [0.1, 0.15) is 11.4 Å². The molecule has 1 unspecified atom stereocenters. The number of β-amino-alcohol motifs (C(OH)–C–C–N with tert-alkyl or cyclic N) is 1. The number of hydrogen-bond donors (Lipinski definition) is 1. The Balaban J connectivity index is 2.24. The highest BCUT2D eigenvalue weighted by Crippen LogP contribution is 2.30. The van der Waals surface area contributed by atoms with Gasteiger partial charge in [0, 0.05) is 17.8 Å². The van der Waals surface area contributed by atoms with Crippen LogP contribution < -0.4 is 4.90 Å². The molecule has 0 fully saturated rings. The molecule has 4 heteroatoms. The van der Waals surface area contributed by atoms with Gasteiger partial charge in [-0.2, -0.15) is 0 Å². The number of fused-ring (bicyclic) bond motifs is 1. The molecule has 0 saturated carbocycles. The number of carbonyl (C=O) groups is 1. The Morgan fingerprint density at radius 1 is 1.59 bits per heavy atom. The Kier molecular flexibility index (Phi) is 2.91. The van der Waals surface area contributed by atoms with Gasteiger partial charge in [0.2, 0.25) is 0 Å². The lowest BCUT2D eigenvalue weighted by Crippen LogP contribution is -2.45. The lowest BCUT2D eigenvalue weighted by atomic mass is 10.0. The Labute approximate surface area is 99.9 Å². The van der Waals surface area contributed by atoms with Gasteiger partial charge in [-0.05, 0) is 32.4 Å². The van der Waals surface area contributed by atoms with Gasteiger partial charge < -0.3 is 10.0 Å². The smallest absolute Gasteiger partial charge is 0.162 e. The molecule has 1 heterocycles. The van der Waals surface area contributed by atoms with Crippen LogP contribution in [0.2, 0.25) is 0 Å². The van der Waals surface area contributed by atoms with E-state index in [-0.39, 0.29) is 18.1 Å². The number of carbonyl (C=O) groups excluding carboxylic acids is 1. The van der Waals surface area contributed by atoms with E-state index in [0.29, 0.717) is 18.5 Å². The van der Waals surface area contributed by atoms with Crippen LogP contribution in [0.15, 0.2) is 18.2 Å². The van der Waals surface area contributed by atoms with Crippen LogP contribution in [-0.2, 0) is 11.2 Å². The third-order valence-electron chi connectivity index (χ3n) is 3.32. The molecule has 0 saturated heterocycles. The number of benzene rings is 1. The number of nitrogens with zero attached hydrogens (tertiary/aromatic N) is 1. The average molecular weight is 237 g/mol. The minimum atomic E-state index is -1.38. The van der Waals surface area contributed by atoms with Gasteiger partial charge in [0.05, 0.1) is 6.54 Å². The first kappa shape index (κ1) is 12.0. The van der Waals surface area contributed by atoms with Crippen LogP contribution in [0.5, 0.6) is 0 Å². The van der Waals surface area contributed by atoms with Crippen LogP contribution in [-0.4, -0.2) is 29.6 Å². The summed E-state index contributed by atoms with van der Waals surface area (Å²) in [6, 6.07) is 4.90. The molecule has 2 rings (SSSR count). The fourth-order valence-electron chi connectivity index (χ4n) is 2.11. The van der Waals surface area contributed by atoms with E-state index in [1.807, 2.05) is 11.0 Å². The first-order chi connectivity index (χ1) is 7.92. The van der Waals surface area contributed by atoms with Crippen molar-refractivity contribution in [3.05, 3.63) is 29.6 Å². The number of hydrogen-bond acceptors (Lipinski definition) is 3. The van der Waals surface area contributed by atoms with E-state index in [9.17, 15) is 14.3 Å². The number of aliphatic hydroxyl groups is 1. The third-order valence-corrected chi connectivity index (χ3v) is 3.32. The number of rotatable bonds is 3. The lowest BCUT2D eigenvalue weighted by Gasteiger charge is -2.28. The maximum absolute atomic E-state index is 13.5. The molecule has 1 atom stereocenters. The maximum atomic E-state index is 13.5. The first-order valence-electron chi connectivity index (χ1n) is 5.67. The summed E-state index contributed by atoms with van der Waals surface area (Å²) >= 11 is 0. The second kappa shape index (κ2) is 4.11. The molecule has 92 valence electrons. The lowest BCUT2D eigenvalue weighted by molar-refractivity contribution is -0.132. The molecule has 0 spiro atoms.